The Morgan fingerprint density at radius 1 is 1.22 bits per heavy atom. The van der Waals surface area contributed by atoms with Gasteiger partial charge < -0.3 is 10.4 Å². The number of fused-ring (bicyclic) bond motifs is 3. The van der Waals surface area contributed by atoms with Crippen LogP contribution in [0.3, 0.4) is 0 Å². The van der Waals surface area contributed by atoms with Gasteiger partial charge in [-0.3, -0.25) is 10.3 Å². The summed E-state index contributed by atoms with van der Waals surface area (Å²) < 4.78 is 0. The molecule has 1 spiro atoms. The van der Waals surface area contributed by atoms with Gasteiger partial charge in [0.2, 0.25) is 5.71 Å². The molecule has 4 rings (SSSR count). The summed E-state index contributed by atoms with van der Waals surface area (Å²) in [7, 11) is 0. The van der Waals surface area contributed by atoms with Gasteiger partial charge in [-0.05, 0) is 42.7 Å². The van der Waals surface area contributed by atoms with Crippen molar-refractivity contribution in [3.05, 3.63) is 45.3 Å². The monoisotopic (exact) mass is 333 g/mol. The smallest absolute Gasteiger partial charge is 0.222 e. The number of hydroxylamine groups is 1. The first kappa shape index (κ1) is 15.1. The molecule has 5 nitrogen and oxygen atoms in total. The molecule has 0 radical (unpaired) electrons. The standard InChI is InChI=1S/C17H21N2O3S/c1-15(2)12-8-9-16(15,3)17(10-12)22-18-14(23-17)11-4-6-13(7-5-11)19(20)21/h4-7,12,18H,8-10H2,1-3H3/q-1. The average Bonchev–Trinajstić information content (AvgIpc) is 3.08. The van der Waals surface area contributed by atoms with Crippen LogP contribution >= 0.6 is 11.8 Å². The molecule has 3 atom stereocenters. The van der Waals surface area contributed by atoms with E-state index in [9.17, 15) is 10.4 Å². The largest absolute Gasteiger partial charge is 0.612 e. The second-order valence-electron chi connectivity index (χ2n) is 7.69. The Kier molecular flexibility index (Phi) is 3.01. The molecule has 1 N–H and O–H groups in total. The normalized spacial score (nSPS) is 40.3. The Morgan fingerprint density at radius 2 is 1.91 bits per heavy atom. The Balaban J connectivity index is 1.65. The van der Waals surface area contributed by atoms with Crippen molar-refractivity contribution in [2.75, 3.05) is 0 Å². The number of hydrogen-bond acceptors (Lipinski definition) is 5. The molecular weight excluding hydrogens is 312 g/mol. The van der Waals surface area contributed by atoms with E-state index in [1.165, 1.54) is 12.8 Å². The van der Waals surface area contributed by atoms with Crippen molar-refractivity contribution in [3.8, 4) is 0 Å². The predicted octanol–water partition coefficient (Wildman–Crippen LogP) is 3.58. The van der Waals surface area contributed by atoms with Gasteiger partial charge in [-0.15, -0.1) is 0 Å². The summed E-state index contributed by atoms with van der Waals surface area (Å²) in [6, 6.07) is 0. The first-order chi connectivity index (χ1) is 10.8. The topological polar surface area (TPSA) is 70.4 Å². The molecule has 6 heteroatoms. The van der Waals surface area contributed by atoms with Gasteiger partial charge in [0.05, 0.1) is 0 Å². The van der Waals surface area contributed by atoms with Crippen LogP contribution in [-0.4, -0.2) is 15.5 Å². The Morgan fingerprint density at radius 3 is 2.43 bits per heavy atom. The second-order valence-corrected chi connectivity index (χ2v) is 8.96. The molecule has 1 aliphatic heterocycles. The van der Waals surface area contributed by atoms with Crippen LogP contribution in [0.1, 0.15) is 40.0 Å². The van der Waals surface area contributed by atoms with Crippen LogP contribution < -0.4 is 5.48 Å². The number of rotatable bonds is 0. The maximum atomic E-state index is 10.8. The zero-order chi connectivity index (χ0) is 16.5. The van der Waals surface area contributed by atoms with Crippen LogP contribution in [0.25, 0.3) is 0 Å². The third-order valence-corrected chi connectivity index (χ3v) is 8.26. The van der Waals surface area contributed by atoms with E-state index in [0.717, 1.165) is 17.0 Å². The molecular formula is C17H21N2O3S-. The third-order valence-electron chi connectivity index (χ3n) is 6.71. The summed E-state index contributed by atoms with van der Waals surface area (Å²) in [5, 5.41) is 22.5. The van der Waals surface area contributed by atoms with Gasteiger partial charge in [0.15, 0.2) is 4.93 Å². The van der Waals surface area contributed by atoms with E-state index >= 15 is 0 Å². The van der Waals surface area contributed by atoms with E-state index in [1.807, 2.05) is 0 Å². The lowest BCUT2D eigenvalue weighted by atomic mass is 9.69. The molecule has 0 aromatic rings. The van der Waals surface area contributed by atoms with E-state index < -0.39 is 0 Å². The van der Waals surface area contributed by atoms with Crippen LogP contribution in [0.4, 0.5) is 0 Å². The summed E-state index contributed by atoms with van der Waals surface area (Å²) in [6.45, 7) is 7.09. The Labute approximate surface area is 140 Å². The molecule has 0 amide bonds. The fraction of sp³-hybridized carbons (Fsp3) is 0.588. The molecule has 1 heterocycles. The highest BCUT2D eigenvalue weighted by Gasteiger charge is 2.72. The van der Waals surface area contributed by atoms with Crippen molar-refractivity contribution in [3.63, 3.8) is 0 Å². The van der Waals surface area contributed by atoms with Gasteiger partial charge in [-0.25, -0.2) is 0 Å². The summed E-state index contributed by atoms with van der Waals surface area (Å²) in [5.74, 6) is 0.693. The van der Waals surface area contributed by atoms with Gasteiger partial charge in [0.25, 0.3) is 0 Å². The summed E-state index contributed by atoms with van der Waals surface area (Å²) in [5.41, 5.74) is 4.57. The van der Waals surface area contributed by atoms with Crippen LogP contribution in [-0.2, 0) is 4.84 Å². The number of nitrogens with zero attached hydrogens (tertiary/aromatic N) is 1. The zero-order valence-corrected chi connectivity index (χ0v) is 14.4. The number of allylic oxidation sites excluding steroid dienone is 5. The number of hydrogen-bond donors (Lipinski definition) is 1. The van der Waals surface area contributed by atoms with Gasteiger partial charge in [0.1, 0.15) is 5.03 Å². The van der Waals surface area contributed by atoms with Crippen LogP contribution in [0.2, 0.25) is 0 Å². The van der Waals surface area contributed by atoms with Crippen LogP contribution in [0, 0.1) is 27.2 Å². The summed E-state index contributed by atoms with van der Waals surface area (Å²) >= 11 is 1.77. The van der Waals surface area contributed by atoms with Gasteiger partial charge >= 0.3 is 0 Å². The Hall–Kier alpha value is -1.40. The minimum atomic E-state index is -0.374. The van der Waals surface area contributed by atoms with Crippen molar-refractivity contribution in [2.45, 2.75) is 45.0 Å². The highest BCUT2D eigenvalue weighted by molar-refractivity contribution is 8.04. The molecule has 4 aliphatic rings. The molecule has 1 saturated heterocycles. The van der Waals surface area contributed by atoms with Crippen LogP contribution in [0.15, 0.2) is 34.9 Å². The number of nitrogens with one attached hydrogen (secondary N) is 1. The highest BCUT2D eigenvalue weighted by Crippen LogP contribution is 2.75. The number of thioether (sulfide) groups is 1. The van der Waals surface area contributed by atoms with Gasteiger partial charge in [-0.1, -0.05) is 32.5 Å². The lowest BCUT2D eigenvalue weighted by Crippen LogP contribution is -2.45. The van der Waals surface area contributed by atoms with E-state index in [1.54, 1.807) is 36.1 Å². The summed E-state index contributed by atoms with van der Waals surface area (Å²) in [6.07, 6.45) is 10.2. The van der Waals surface area contributed by atoms with E-state index in [0.29, 0.717) is 5.92 Å². The molecule has 3 fully saturated rings. The first-order valence-electron chi connectivity index (χ1n) is 8.04. The van der Waals surface area contributed by atoms with E-state index in [2.05, 4.69) is 26.3 Å². The van der Waals surface area contributed by atoms with Crippen molar-refractivity contribution in [1.82, 2.24) is 5.48 Å². The lowest BCUT2D eigenvalue weighted by Gasteiger charge is -2.43. The average molecular weight is 333 g/mol. The predicted molar refractivity (Wildman–Crippen MR) is 91.1 cm³/mol. The first-order valence-corrected chi connectivity index (χ1v) is 8.86. The van der Waals surface area contributed by atoms with E-state index in [-0.39, 0.29) is 26.4 Å². The second kappa shape index (κ2) is 4.57. The zero-order valence-electron chi connectivity index (χ0n) is 13.6. The SMILES string of the molecule is CC1(C)C2CCC1(C)C1(C2)ONC(=C2C=CC(=[N+]([O-])[O-])C=C2)S1. The molecule has 124 valence electrons. The molecule has 2 bridgehead atoms. The minimum Gasteiger partial charge on any atom is -0.612 e. The molecule has 3 aliphatic carbocycles. The maximum Gasteiger partial charge on any atom is 0.222 e. The molecule has 3 unspecified atom stereocenters. The van der Waals surface area contributed by atoms with E-state index in [4.69, 9.17) is 4.84 Å². The Bertz CT molecular complexity index is 672. The summed E-state index contributed by atoms with van der Waals surface area (Å²) in [4.78, 5) is 5.56. The highest BCUT2D eigenvalue weighted by atomic mass is 32.2. The minimum absolute atomic E-state index is 0.112. The third kappa shape index (κ3) is 1.82. The van der Waals surface area contributed by atoms with Crippen LogP contribution in [0.5, 0.6) is 0 Å². The van der Waals surface area contributed by atoms with Crippen molar-refractivity contribution >= 4 is 17.5 Å². The van der Waals surface area contributed by atoms with Gasteiger partial charge in [0, 0.05) is 23.1 Å². The lowest BCUT2D eigenvalue weighted by molar-refractivity contribution is -0.377. The molecule has 2 saturated carbocycles. The van der Waals surface area contributed by atoms with Crippen molar-refractivity contribution < 1.29 is 9.74 Å². The molecule has 23 heavy (non-hydrogen) atoms. The quantitative estimate of drug-likeness (QED) is 0.542. The van der Waals surface area contributed by atoms with Crippen molar-refractivity contribution in [1.29, 1.82) is 0 Å². The maximum absolute atomic E-state index is 10.8. The fourth-order valence-electron chi connectivity index (χ4n) is 4.68. The molecule has 0 aromatic carbocycles. The fourth-order valence-corrected chi connectivity index (χ4v) is 6.31. The van der Waals surface area contributed by atoms with Crippen molar-refractivity contribution in [2.24, 2.45) is 16.7 Å². The molecule has 0 aromatic heterocycles. The van der Waals surface area contributed by atoms with Gasteiger partial charge in [-0.2, -0.15) is 4.90 Å².